The highest BCUT2D eigenvalue weighted by Gasteiger charge is 2.29. The maximum Gasteiger partial charge on any atom is 0.225 e. The third-order valence-corrected chi connectivity index (χ3v) is 4.75. The number of anilines is 1. The Labute approximate surface area is 134 Å². The van der Waals surface area contributed by atoms with Crippen LogP contribution in [-0.2, 0) is 4.52 Å². The van der Waals surface area contributed by atoms with Crippen molar-refractivity contribution in [1.29, 1.82) is 0 Å². The molecule has 0 aliphatic heterocycles. The average molecular weight is 323 g/mol. The Kier molecular flexibility index (Phi) is 7.23. The van der Waals surface area contributed by atoms with E-state index in [2.05, 4.69) is 21.4 Å². The Balaban J connectivity index is 0.000000381. The van der Waals surface area contributed by atoms with Crippen molar-refractivity contribution in [3.63, 3.8) is 0 Å². The quantitative estimate of drug-likeness (QED) is 0.840. The van der Waals surface area contributed by atoms with Gasteiger partial charge in [-0.3, -0.25) is 0 Å². The molecule has 0 saturated heterocycles. The largest absolute Gasteiger partial charge is 0.352 e. The van der Waals surface area contributed by atoms with Gasteiger partial charge in [0.1, 0.15) is 0 Å². The minimum Gasteiger partial charge on any atom is -0.352 e. The van der Waals surface area contributed by atoms with E-state index in [1.54, 1.807) is 12.3 Å². The summed E-state index contributed by atoms with van der Waals surface area (Å²) >= 11 is 0. The molecule has 0 amide bonds. The third kappa shape index (κ3) is 5.01. The van der Waals surface area contributed by atoms with Gasteiger partial charge in [-0.15, -0.1) is 0 Å². The van der Waals surface area contributed by atoms with Crippen molar-refractivity contribution in [1.82, 2.24) is 9.97 Å². The van der Waals surface area contributed by atoms with Gasteiger partial charge in [0, 0.05) is 19.3 Å². The van der Waals surface area contributed by atoms with Gasteiger partial charge in [0.15, 0.2) is 9.03 Å². The summed E-state index contributed by atoms with van der Waals surface area (Å²) in [6.07, 6.45) is 12.5. The van der Waals surface area contributed by atoms with Crippen LogP contribution in [0.2, 0.25) is 0 Å². The van der Waals surface area contributed by atoms with Crippen LogP contribution in [0.15, 0.2) is 18.8 Å². The average Bonchev–Trinajstić information content (AvgIpc) is 2.94. The first kappa shape index (κ1) is 17.3. The molecule has 122 valence electrons. The van der Waals surface area contributed by atoms with Gasteiger partial charge in [-0.2, -0.15) is 0 Å². The topological polar surface area (TPSA) is 58.5 Å². The predicted octanol–water partition coefficient (Wildman–Crippen LogP) is 3.55. The second-order valence-electron chi connectivity index (χ2n) is 5.81. The highest BCUT2D eigenvalue weighted by Crippen LogP contribution is 2.30. The van der Waals surface area contributed by atoms with Gasteiger partial charge in [0.2, 0.25) is 5.95 Å². The molecule has 0 aromatic carbocycles. The number of hydrogen-bond acceptors (Lipinski definition) is 5. The van der Waals surface area contributed by atoms with Gasteiger partial charge in [-0.25, -0.2) is 9.97 Å². The molecule has 0 spiro atoms. The molecule has 2 fully saturated rings. The fraction of sp³-hybridized carbons (Fsp3) is 0.625. The van der Waals surface area contributed by atoms with E-state index < -0.39 is 9.03 Å². The van der Waals surface area contributed by atoms with Crippen molar-refractivity contribution >= 4 is 21.1 Å². The molecule has 2 aliphatic rings. The van der Waals surface area contributed by atoms with E-state index in [-0.39, 0.29) is 6.10 Å². The maximum atomic E-state index is 8.79. The molecular formula is C16H26N3O2P. The zero-order valence-corrected chi connectivity index (χ0v) is 14.2. The van der Waals surface area contributed by atoms with Crippen LogP contribution in [-0.4, -0.2) is 34.1 Å². The van der Waals surface area contributed by atoms with Crippen LogP contribution in [0, 0.1) is 0 Å². The molecule has 0 radical (unpaired) electrons. The van der Waals surface area contributed by atoms with E-state index in [1.165, 1.54) is 25.7 Å². The van der Waals surface area contributed by atoms with Crippen LogP contribution >= 0.6 is 9.03 Å². The van der Waals surface area contributed by atoms with Crippen molar-refractivity contribution in [2.75, 3.05) is 11.9 Å². The Hall–Kier alpha value is -1.03. The molecule has 1 heterocycles. The summed E-state index contributed by atoms with van der Waals surface area (Å²) < 4.78 is 5.26. The zero-order valence-electron chi connectivity index (χ0n) is 13.2. The molecule has 1 aromatic heterocycles. The van der Waals surface area contributed by atoms with Crippen LogP contribution in [0.3, 0.4) is 0 Å². The zero-order chi connectivity index (χ0) is 15.8. The summed E-state index contributed by atoms with van der Waals surface area (Å²) in [6, 6.07) is 2.20. The van der Waals surface area contributed by atoms with Crippen LogP contribution in [0.4, 0.5) is 5.95 Å². The van der Waals surface area contributed by atoms with E-state index in [9.17, 15) is 0 Å². The maximum absolute atomic E-state index is 8.79. The Morgan fingerprint density at radius 3 is 2.68 bits per heavy atom. The van der Waals surface area contributed by atoms with Gasteiger partial charge >= 0.3 is 0 Å². The van der Waals surface area contributed by atoms with Crippen LogP contribution < -0.4 is 4.90 Å². The monoisotopic (exact) mass is 323 g/mol. The lowest BCUT2D eigenvalue weighted by atomic mass is 10.0. The predicted molar refractivity (Wildman–Crippen MR) is 92.0 cm³/mol. The minimum atomic E-state index is -0.424. The molecule has 1 aromatic rings. The summed E-state index contributed by atoms with van der Waals surface area (Å²) in [4.78, 5) is 19.6. The molecule has 5 nitrogen and oxygen atoms in total. The second kappa shape index (κ2) is 9.19. The molecule has 22 heavy (non-hydrogen) atoms. The third-order valence-electron chi connectivity index (χ3n) is 4.31. The molecule has 6 heteroatoms. The van der Waals surface area contributed by atoms with Crippen LogP contribution in [0.1, 0.15) is 50.6 Å². The number of nitrogens with zero attached hydrogens (tertiary/aromatic N) is 3. The van der Waals surface area contributed by atoms with Gasteiger partial charge in [-0.05, 0) is 31.4 Å². The Bertz CT molecular complexity index is 464. The normalized spacial score (nSPS) is 23.7. The summed E-state index contributed by atoms with van der Waals surface area (Å²) in [5.41, 5.74) is 0.828. The molecule has 0 bridgehead atoms. The summed E-state index contributed by atoms with van der Waals surface area (Å²) in [6.45, 7) is 3.71. The minimum absolute atomic E-state index is 0.156. The smallest absolute Gasteiger partial charge is 0.225 e. The fourth-order valence-corrected chi connectivity index (χ4v) is 2.87. The van der Waals surface area contributed by atoms with Gasteiger partial charge in [0.25, 0.3) is 0 Å². The van der Waals surface area contributed by atoms with Crippen molar-refractivity contribution in [3.8, 4) is 0 Å². The van der Waals surface area contributed by atoms with E-state index in [0.29, 0.717) is 12.0 Å². The molecule has 3 rings (SSSR count). The lowest BCUT2D eigenvalue weighted by molar-refractivity contribution is 0.219. The van der Waals surface area contributed by atoms with E-state index >= 15 is 0 Å². The standard InChI is InChI=1S/C12H18N3O2P.C4H8/c1-3-9-6-7-13-12(14-9)15(2)10-4-5-11(8-10)17-18-16;1-2-4-3-1/h3,6-7,10-11,16,18H,1,4-5,8H2,2H3;1-4H2. The van der Waals surface area contributed by atoms with Crippen molar-refractivity contribution in [2.24, 2.45) is 0 Å². The lowest BCUT2D eigenvalue weighted by Crippen LogP contribution is -2.31. The van der Waals surface area contributed by atoms with E-state index in [0.717, 1.165) is 25.0 Å². The number of aromatic nitrogens is 2. The molecule has 2 aliphatic carbocycles. The molecule has 3 atom stereocenters. The first-order valence-electron chi connectivity index (χ1n) is 7.97. The van der Waals surface area contributed by atoms with Crippen LogP contribution in [0.5, 0.6) is 0 Å². The van der Waals surface area contributed by atoms with Crippen molar-refractivity contribution in [2.45, 2.75) is 57.1 Å². The first-order valence-corrected chi connectivity index (χ1v) is 8.83. The number of hydrogen-bond donors (Lipinski definition) is 1. The molecule has 2 saturated carbocycles. The first-order chi connectivity index (χ1) is 10.7. The summed E-state index contributed by atoms with van der Waals surface area (Å²) in [7, 11) is 1.57. The van der Waals surface area contributed by atoms with Gasteiger partial charge < -0.3 is 14.3 Å². The lowest BCUT2D eigenvalue weighted by Gasteiger charge is -2.24. The highest BCUT2D eigenvalue weighted by atomic mass is 31.1. The van der Waals surface area contributed by atoms with Crippen molar-refractivity contribution < 1.29 is 9.42 Å². The molecule has 1 N–H and O–H groups in total. The molecule has 3 unspecified atom stereocenters. The van der Waals surface area contributed by atoms with Gasteiger partial charge in [-0.1, -0.05) is 32.3 Å². The van der Waals surface area contributed by atoms with Gasteiger partial charge in [0.05, 0.1) is 11.8 Å². The Morgan fingerprint density at radius 2 is 2.09 bits per heavy atom. The van der Waals surface area contributed by atoms with Crippen LogP contribution in [0.25, 0.3) is 6.08 Å². The highest BCUT2D eigenvalue weighted by molar-refractivity contribution is 7.25. The fourth-order valence-electron chi connectivity index (χ4n) is 2.51. The van der Waals surface area contributed by atoms with E-state index in [1.807, 2.05) is 13.1 Å². The number of rotatable bonds is 5. The molecular weight excluding hydrogens is 297 g/mol. The Morgan fingerprint density at radius 1 is 1.36 bits per heavy atom. The van der Waals surface area contributed by atoms with E-state index in [4.69, 9.17) is 9.42 Å². The SMILES string of the molecule is C1CCC1.C=Cc1ccnc(N(C)C2CCC(OPO)C2)n1. The second-order valence-corrected chi connectivity index (χ2v) is 6.23. The summed E-state index contributed by atoms with van der Waals surface area (Å²) in [5.74, 6) is 0.712. The summed E-state index contributed by atoms with van der Waals surface area (Å²) in [5, 5.41) is 0. The van der Waals surface area contributed by atoms with Crippen molar-refractivity contribution in [3.05, 3.63) is 24.5 Å².